The SMILES string of the molecule is Cn1ccnc1Sc1ccc(NC(=O)c2cccc(F)c2)cc1. The summed E-state index contributed by atoms with van der Waals surface area (Å²) in [6.07, 6.45) is 3.63. The van der Waals surface area contributed by atoms with Gasteiger partial charge >= 0.3 is 0 Å². The number of aromatic nitrogens is 2. The predicted octanol–water partition coefficient (Wildman–Crippen LogP) is 3.96. The summed E-state index contributed by atoms with van der Waals surface area (Å²) in [6, 6.07) is 13.0. The Bertz CT molecular complexity index is 830. The minimum Gasteiger partial charge on any atom is -0.329 e. The Kier molecular flexibility index (Phi) is 4.43. The highest BCUT2D eigenvalue weighted by Crippen LogP contribution is 2.26. The molecular formula is C17H14FN3OS. The number of imidazole rings is 1. The number of nitrogens with one attached hydrogen (secondary N) is 1. The van der Waals surface area contributed by atoms with E-state index in [1.807, 2.05) is 42.1 Å². The number of carbonyl (C=O) groups excluding carboxylic acids is 1. The van der Waals surface area contributed by atoms with Crippen molar-refractivity contribution in [3.63, 3.8) is 0 Å². The van der Waals surface area contributed by atoms with Crippen LogP contribution in [0.2, 0.25) is 0 Å². The lowest BCUT2D eigenvalue weighted by atomic mass is 10.2. The van der Waals surface area contributed by atoms with Crippen LogP contribution in [0, 0.1) is 5.82 Å². The van der Waals surface area contributed by atoms with E-state index in [9.17, 15) is 9.18 Å². The molecule has 0 fully saturated rings. The second kappa shape index (κ2) is 6.66. The molecule has 3 aromatic rings. The first-order valence-corrected chi connectivity index (χ1v) is 7.75. The summed E-state index contributed by atoms with van der Waals surface area (Å²) in [4.78, 5) is 17.3. The summed E-state index contributed by atoms with van der Waals surface area (Å²) in [7, 11) is 1.93. The number of hydrogen-bond acceptors (Lipinski definition) is 3. The molecule has 0 saturated heterocycles. The number of aryl methyl sites for hydroxylation is 1. The Labute approximate surface area is 137 Å². The largest absolute Gasteiger partial charge is 0.329 e. The Morgan fingerprint density at radius 2 is 2.00 bits per heavy atom. The Morgan fingerprint density at radius 3 is 2.65 bits per heavy atom. The lowest BCUT2D eigenvalue weighted by molar-refractivity contribution is 0.102. The standard InChI is InChI=1S/C17H14FN3OS/c1-21-10-9-19-17(21)23-15-7-5-14(6-8-15)20-16(22)12-3-2-4-13(18)11-12/h2-11H,1H3,(H,20,22). The van der Waals surface area contributed by atoms with Gasteiger partial charge in [0, 0.05) is 35.6 Å². The van der Waals surface area contributed by atoms with Gasteiger partial charge in [0.05, 0.1) is 0 Å². The molecule has 0 atom stereocenters. The van der Waals surface area contributed by atoms with Crippen molar-refractivity contribution >= 4 is 23.4 Å². The monoisotopic (exact) mass is 327 g/mol. The fraction of sp³-hybridized carbons (Fsp3) is 0.0588. The second-order valence-corrected chi connectivity index (χ2v) is 5.95. The molecule has 0 radical (unpaired) electrons. The van der Waals surface area contributed by atoms with Crippen molar-refractivity contribution in [3.05, 3.63) is 72.3 Å². The molecular weight excluding hydrogens is 313 g/mol. The van der Waals surface area contributed by atoms with Gasteiger partial charge in [-0.05, 0) is 42.5 Å². The van der Waals surface area contributed by atoms with E-state index in [2.05, 4.69) is 10.3 Å². The summed E-state index contributed by atoms with van der Waals surface area (Å²) in [6.45, 7) is 0. The van der Waals surface area contributed by atoms with Crippen LogP contribution in [0.15, 0.2) is 71.0 Å². The van der Waals surface area contributed by atoms with Crippen LogP contribution in [0.1, 0.15) is 10.4 Å². The van der Waals surface area contributed by atoms with Gasteiger partial charge in [-0.1, -0.05) is 17.8 Å². The average molecular weight is 327 g/mol. The third-order valence-corrected chi connectivity index (χ3v) is 4.27. The number of nitrogens with zero attached hydrogens (tertiary/aromatic N) is 2. The van der Waals surface area contributed by atoms with E-state index in [0.717, 1.165) is 10.1 Å². The first-order valence-electron chi connectivity index (χ1n) is 6.94. The van der Waals surface area contributed by atoms with Gasteiger partial charge in [0.25, 0.3) is 5.91 Å². The highest BCUT2D eigenvalue weighted by molar-refractivity contribution is 7.99. The first-order chi connectivity index (χ1) is 11.1. The minimum absolute atomic E-state index is 0.288. The molecule has 0 aliphatic carbocycles. The minimum atomic E-state index is -0.431. The van der Waals surface area contributed by atoms with Crippen LogP contribution in [0.25, 0.3) is 0 Å². The van der Waals surface area contributed by atoms with E-state index in [1.54, 1.807) is 12.3 Å². The van der Waals surface area contributed by atoms with Gasteiger partial charge in [0.2, 0.25) is 0 Å². The molecule has 0 bridgehead atoms. The van der Waals surface area contributed by atoms with E-state index in [-0.39, 0.29) is 11.5 Å². The van der Waals surface area contributed by atoms with E-state index >= 15 is 0 Å². The van der Waals surface area contributed by atoms with Gasteiger partial charge in [0.1, 0.15) is 5.82 Å². The van der Waals surface area contributed by atoms with Crippen molar-refractivity contribution in [1.82, 2.24) is 9.55 Å². The molecule has 3 rings (SSSR count). The van der Waals surface area contributed by atoms with Gasteiger partial charge < -0.3 is 9.88 Å². The molecule has 0 unspecified atom stereocenters. The Morgan fingerprint density at radius 1 is 1.22 bits per heavy atom. The Hall–Kier alpha value is -2.60. The van der Waals surface area contributed by atoms with Crippen molar-refractivity contribution in [1.29, 1.82) is 0 Å². The number of carbonyl (C=O) groups is 1. The van der Waals surface area contributed by atoms with E-state index < -0.39 is 5.82 Å². The fourth-order valence-electron chi connectivity index (χ4n) is 1.99. The molecule has 0 aliphatic rings. The molecule has 0 spiro atoms. The molecule has 116 valence electrons. The number of rotatable bonds is 4. The molecule has 23 heavy (non-hydrogen) atoms. The smallest absolute Gasteiger partial charge is 0.255 e. The summed E-state index contributed by atoms with van der Waals surface area (Å²) in [5.41, 5.74) is 0.944. The number of amides is 1. The second-order valence-electron chi connectivity index (χ2n) is 4.91. The van der Waals surface area contributed by atoms with E-state index in [1.165, 1.54) is 30.0 Å². The average Bonchev–Trinajstić information content (AvgIpc) is 2.94. The van der Waals surface area contributed by atoms with Crippen molar-refractivity contribution < 1.29 is 9.18 Å². The zero-order chi connectivity index (χ0) is 16.2. The number of anilines is 1. The summed E-state index contributed by atoms with van der Waals surface area (Å²) >= 11 is 1.54. The maximum Gasteiger partial charge on any atom is 0.255 e. The summed E-state index contributed by atoms with van der Waals surface area (Å²) in [5, 5.41) is 3.64. The third kappa shape index (κ3) is 3.78. The zero-order valence-electron chi connectivity index (χ0n) is 12.4. The van der Waals surface area contributed by atoms with Gasteiger partial charge in [0.15, 0.2) is 5.16 Å². The lowest BCUT2D eigenvalue weighted by Crippen LogP contribution is -2.11. The van der Waals surface area contributed by atoms with Gasteiger partial charge in [-0.3, -0.25) is 4.79 Å². The normalized spacial score (nSPS) is 10.5. The van der Waals surface area contributed by atoms with Crippen molar-refractivity contribution in [2.24, 2.45) is 7.05 Å². The summed E-state index contributed by atoms with van der Waals surface area (Å²) in [5.74, 6) is -0.770. The quantitative estimate of drug-likeness (QED) is 0.789. The molecule has 4 nitrogen and oxygen atoms in total. The fourth-order valence-corrected chi connectivity index (χ4v) is 2.80. The van der Waals surface area contributed by atoms with Crippen LogP contribution in [-0.4, -0.2) is 15.5 Å². The van der Waals surface area contributed by atoms with Crippen LogP contribution < -0.4 is 5.32 Å². The number of hydrogen-bond donors (Lipinski definition) is 1. The van der Waals surface area contributed by atoms with E-state index in [4.69, 9.17) is 0 Å². The van der Waals surface area contributed by atoms with Gasteiger partial charge in [-0.25, -0.2) is 9.37 Å². The van der Waals surface area contributed by atoms with Gasteiger partial charge in [-0.2, -0.15) is 0 Å². The molecule has 1 aromatic heterocycles. The highest BCUT2D eigenvalue weighted by Gasteiger charge is 2.07. The van der Waals surface area contributed by atoms with Crippen LogP contribution in [0.4, 0.5) is 10.1 Å². The summed E-state index contributed by atoms with van der Waals surface area (Å²) < 4.78 is 15.1. The molecule has 1 amide bonds. The predicted molar refractivity (Wildman–Crippen MR) is 88.1 cm³/mol. The topological polar surface area (TPSA) is 46.9 Å². The van der Waals surface area contributed by atoms with E-state index in [0.29, 0.717) is 5.69 Å². The maximum atomic E-state index is 13.1. The lowest BCUT2D eigenvalue weighted by Gasteiger charge is -2.07. The van der Waals surface area contributed by atoms with Crippen LogP contribution in [0.5, 0.6) is 0 Å². The van der Waals surface area contributed by atoms with Crippen LogP contribution in [0.3, 0.4) is 0 Å². The first kappa shape index (κ1) is 15.3. The molecule has 1 N–H and O–H groups in total. The molecule has 2 aromatic carbocycles. The third-order valence-electron chi connectivity index (χ3n) is 3.19. The van der Waals surface area contributed by atoms with Crippen LogP contribution >= 0.6 is 11.8 Å². The molecule has 6 heteroatoms. The zero-order valence-corrected chi connectivity index (χ0v) is 13.2. The molecule has 0 aliphatic heterocycles. The number of benzene rings is 2. The van der Waals surface area contributed by atoms with Crippen molar-refractivity contribution in [2.45, 2.75) is 10.1 Å². The Balaban J connectivity index is 1.68. The maximum absolute atomic E-state index is 13.1. The number of halogens is 1. The van der Waals surface area contributed by atoms with Gasteiger partial charge in [-0.15, -0.1) is 0 Å². The molecule has 0 saturated carbocycles. The highest BCUT2D eigenvalue weighted by atomic mass is 32.2. The van der Waals surface area contributed by atoms with Crippen molar-refractivity contribution in [2.75, 3.05) is 5.32 Å². The van der Waals surface area contributed by atoms with Crippen LogP contribution in [-0.2, 0) is 7.05 Å². The molecule has 1 heterocycles. The van der Waals surface area contributed by atoms with Crippen molar-refractivity contribution in [3.8, 4) is 0 Å².